The van der Waals surface area contributed by atoms with E-state index in [9.17, 15) is 4.79 Å². The molecule has 2 aromatic heterocycles. The molecule has 0 unspecified atom stereocenters. The lowest BCUT2D eigenvalue weighted by Gasteiger charge is -2.11. The van der Waals surface area contributed by atoms with Crippen molar-refractivity contribution in [2.24, 2.45) is 0 Å². The van der Waals surface area contributed by atoms with Gasteiger partial charge in [-0.25, -0.2) is 4.98 Å². The van der Waals surface area contributed by atoms with Gasteiger partial charge in [-0.3, -0.25) is 9.78 Å². The molecule has 2 aromatic carbocycles. The number of halogens is 1. The van der Waals surface area contributed by atoms with E-state index in [-0.39, 0.29) is 5.91 Å². The summed E-state index contributed by atoms with van der Waals surface area (Å²) >= 11 is 6.34. The fraction of sp³-hybridized carbons (Fsp3) is 0.0455. The van der Waals surface area contributed by atoms with Crippen LogP contribution in [0.25, 0.3) is 22.2 Å². The minimum atomic E-state index is -0.161. The molecule has 2 heterocycles. The minimum absolute atomic E-state index is 0.161. The molecule has 0 aliphatic heterocycles. The highest BCUT2D eigenvalue weighted by molar-refractivity contribution is 6.33. The van der Waals surface area contributed by atoms with E-state index in [1.165, 1.54) is 0 Å². The number of hydrogen-bond donors (Lipinski definition) is 1. The van der Waals surface area contributed by atoms with Crippen molar-refractivity contribution in [3.05, 3.63) is 95.3 Å². The summed E-state index contributed by atoms with van der Waals surface area (Å²) in [6, 6.07) is 20.7. The number of amides is 1. The van der Waals surface area contributed by atoms with Crippen molar-refractivity contribution < 1.29 is 4.79 Å². The van der Waals surface area contributed by atoms with E-state index in [4.69, 9.17) is 16.6 Å². The monoisotopic (exact) mass is 373 g/mol. The minimum Gasteiger partial charge on any atom is -0.348 e. The molecule has 132 valence electrons. The van der Waals surface area contributed by atoms with Gasteiger partial charge in [0.25, 0.3) is 5.91 Å². The van der Waals surface area contributed by atoms with Crippen molar-refractivity contribution >= 4 is 28.4 Å². The fourth-order valence-corrected chi connectivity index (χ4v) is 3.18. The molecule has 0 spiro atoms. The van der Waals surface area contributed by atoms with Crippen LogP contribution >= 0.6 is 11.6 Å². The van der Waals surface area contributed by atoms with Crippen LogP contribution in [-0.2, 0) is 6.54 Å². The lowest BCUT2D eigenvalue weighted by atomic mass is 10.0. The van der Waals surface area contributed by atoms with E-state index in [1.807, 2.05) is 60.7 Å². The number of benzene rings is 2. The van der Waals surface area contributed by atoms with Gasteiger partial charge < -0.3 is 5.32 Å². The number of pyridine rings is 2. The van der Waals surface area contributed by atoms with Crippen LogP contribution in [0.5, 0.6) is 0 Å². The first-order valence-corrected chi connectivity index (χ1v) is 8.92. The van der Waals surface area contributed by atoms with Gasteiger partial charge >= 0.3 is 0 Å². The first-order chi connectivity index (χ1) is 13.2. The predicted molar refractivity (Wildman–Crippen MR) is 108 cm³/mol. The number of rotatable bonds is 4. The normalized spacial score (nSPS) is 10.7. The standard InChI is InChI=1S/C22H16ClN3O/c23-19-9-3-1-8-17(19)21-12-18(16-7-2-4-10-20(16)26-21)22(27)25-14-15-6-5-11-24-13-15/h1-13H,14H2,(H,25,27). The van der Waals surface area contributed by atoms with Crippen LogP contribution in [0.15, 0.2) is 79.1 Å². The van der Waals surface area contributed by atoms with Crippen molar-refractivity contribution in [1.29, 1.82) is 0 Å². The Bertz CT molecular complexity index is 1110. The molecule has 5 heteroatoms. The molecule has 0 radical (unpaired) electrons. The third kappa shape index (κ3) is 3.66. The second-order valence-corrected chi connectivity index (χ2v) is 6.50. The maximum atomic E-state index is 12.9. The van der Waals surface area contributed by atoms with E-state index < -0.39 is 0 Å². The number of nitrogens with zero attached hydrogens (tertiary/aromatic N) is 2. The van der Waals surface area contributed by atoms with Crippen LogP contribution < -0.4 is 5.32 Å². The Morgan fingerprint density at radius 3 is 2.63 bits per heavy atom. The topological polar surface area (TPSA) is 54.9 Å². The Kier molecular flexibility index (Phi) is 4.81. The molecule has 0 bridgehead atoms. The smallest absolute Gasteiger partial charge is 0.252 e. The summed E-state index contributed by atoms with van der Waals surface area (Å²) in [6.45, 7) is 0.407. The van der Waals surface area contributed by atoms with Crippen LogP contribution in [0.2, 0.25) is 5.02 Å². The Morgan fingerprint density at radius 1 is 1.00 bits per heavy atom. The fourth-order valence-electron chi connectivity index (χ4n) is 2.95. The summed E-state index contributed by atoms with van der Waals surface area (Å²) in [5.74, 6) is -0.161. The molecular weight excluding hydrogens is 358 g/mol. The van der Waals surface area contributed by atoms with Gasteiger partial charge in [0.1, 0.15) is 0 Å². The van der Waals surface area contributed by atoms with Crippen LogP contribution in [0.4, 0.5) is 0 Å². The van der Waals surface area contributed by atoms with Gasteiger partial charge in [0.15, 0.2) is 0 Å². The SMILES string of the molecule is O=C(NCc1cccnc1)c1cc(-c2ccccc2Cl)nc2ccccc12. The molecule has 1 amide bonds. The summed E-state index contributed by atoms with van der Waals surface area (Å²) in [6.07, 6.45) is 3.44. The van der Waals surface area contributed by atoms with E-state index >= 15 is 0 Å². The van der Waals surface area contributed by atoms with E-state index in [0.717, 1.165) is 22.0 Å². The molecule has 0 aliphatic carbocycles. The van der Waals surface area contributed by atoms with Crippen molar-refractivity contribution in [3.8, 4) is 11.3 Å². The van der Waals surface area contributed by atoms with Crippen LogP contribution in [0.3, 0.4) is 0 Å². The molecule has 4 rings (SSSR count). The number of nitrogens with one attached hydrogen (secondary N) is 1. The van der Waals surface area contributed by atoms with Crippen LogP contribution in [-0.4, -0.2) is 15.9 Å². The number of fused-ring (bicyclic) bond motifs is 1. The van der Waals surface area contributed by atoms with Gasteiger partial charge in [-0.1, -0.05) is 54.1 Å². The molecule has 0 atom stereocenters. The number of aromatic nitrogens is 2. The molecule has 27 heavy (non-hydrogen) atoms. The summed E-state index contributed by atoms with van der Waals surface area (Å²) in [7, 11) is 0. The van der Waals surface area contributed by atoms with Crippen molar-refractivity contribution in [3.63, 3.8) is 0 Å². The van der Waals surface area contributed by atoms with Crippen LogP contribution in [0, 0.1) is 0 Å². The predicted octanol–water partition coefficient (Wildman–Crippen LogP) is 4.88. The molecule has 4 nitrogen and oxygen atoms in total. The molecule has 0 aliphatic rings. The Hall–Kier alpha value is -3.24. The average molecular weight is 374 g/mol. The summed E-state index contributed by atoms with van der Waals surface area (Å²) < 4.78 is 0. The second kappa shape index (κ2) is 7.56. The molecule has 4 aromatic rings. The van der Waals surface area contributed by atoms with Gasteiger partial charge in [-0.2, -0.15) is 0 Å². The molecule has 1 N–H and O–H groups in total. The van der Waals surface area contributed by atoms with Crippen molar-refractivity contribution in [2.75, 3.05) is 0 Å². The average Bonchev–Trinajstić information content (AvgIpc) is 2.72. The van der Waals surface area contributed by atoms with E-state index in [2.05, 4.69) is 10.3 Å². The van der Waals surface area contributed by atoms with Gasteiger partial charge in [-0.05, 0) is 29.8 Å². The van der Waals surface area contributed by atoms with E-state index in [0.29, 0.717) is 22.8 Å². The molecule has 0 fully saturated rings. The molecular formula is C22H16ClN3O. The third-order valence-corrected chi connectivity index (χ3v) is 4.62. The second-order valence-electron chi connectivity index (χ2n) is 6.10. The van der Waals surface area contributed by atoms with Gasteiger partial charge in [0.05, 0.1) is 16.8 Å². The Labute approximate surface area is 161 Å². The summed E-state index contributed by atoms with van der Waals surface area (Å²) in [4.78, 5) is 21.7. The number of carbonyl (C=O) groups is 1. The first kappa shape index (κ1) is 17.2. The van der Waals surface area contributed by atoms with Gasteiger partial charge in [-0.15, -0.1) is 0 Å². The molecule has 0 saturated carbocycles. The lowest BCUT2D eigenvalue weighted by Crippen LogP contribution is -2.23. The maximum absolute atomic E-state index is 12.9. The highest BCUT2D eigenvalue weighted by atomic mass is 35.5. The Balaban J connectivity index is 1.74. The van der Waals surface area contributed by atoms with Crippen molar-refractivity contribution in [2.45, 2.75) is 6.54 Å². The largest absolute Gasteiger partial charge is 0.348 e. The van der Waals surface area contributed by atoms with E-state index in [1.54, 1.807) is 18.5 Å². The number of para-hydroxylation sites is 1. The van der Waals surface area contributed by atoms with Crippen LogP contribution in [0.1, 0.15) is 15.9 Å². The summed E-state index contributed by atoms with van der Waals surface area (Å²) in [5.41, 5.74) is 3.73. The van der Waals surface area contributed by atoms with Crippen molar-refractivity contribution in [1.82, 2.24) is 15.3 Å². The lowest BCUT2D eigenvalue weighted by molar-refractivity contribution is 0.0952. The Morgan fingerprint density at radius 2 is 1.81 bits per heavy atom. The molecule has 0 saturated heterocycles. The first-order valence-electron chi connectivity index (χ1n) is 8.54. The highest BCUT2D eigenvalue weighted by Crippen LogP contribution is 2.29. The maximum Gasteiger partial charge on any atom is 0.252 e. The summed E-state index contributed by atoms with van der Waals surface area (Å²) in [5, 5.41) is 4.36. The van der Waals surface area contributed by atoms with Gasteiger partial charge in [0.2, 0.25) is 0 Å². The number of carbonyl (C=O) groups excluding carboxylic acids is 1. The zero-order valence-corrected chi connectivity index (χ0v) is 15.1. The quantitative estimate of drug-likeness (QED) is 0.554. The zero-order valence-electron chi connectivity index (χ0n) is 14.4. The third-order valence-electron chi connectivity index (χ3n) is 4.29. The highest BCUT2D eigenvalue weighted by Gasteiger charge is 2.15. The zero-order chi connectivity index (χ0) is 18.6. The number of hydrogen-bond acceptors (Lipinski definition) is 3. The van der Waals surface area contributed by atoms with Gasteiger partial charge in [0, 0.05) is 34.9 Å².